The van der Waals surface area contributed by atoms with E-state index in [0.717, 1.165) is 4.90 Å². The van der Waals surface area contributed by atoms with Gasteiger partial charge in [0, 0.05) is 0 Å². The molecule has 1 heterocycles. The highest BCUT2D eigenvalue weighted by Crippen LogP contribution is 2.29. The molecule has 22 heavy (non-hydrogen) atoms. The van der Waals surface area contributed by atoms with Gasteiger partial charge in [0.25, 0.3) is 5.91 Å². The van der Waals surface area contributed by atoms with Crippen LogP contribution in [0.1, 0.15) is 26.3 Å². The molecule has 0 saturated heterocycles. The van der Waals surface area contributed by atoms with E-state index in [2.05, 4.69) is 0 Å². The number of methoxy groups -OCH3 is 1. The number of ether oxygens (including phenoxy) is 2. The fourth-order valence-electron chi connectivity index (χ4n) is 2.07. The lowest BCUT2D eigenvalue weighted by atomic mass is 10.1. The van der Waals surface area contributed by atoms with Gasteiger partial charge in [0.05, 0.1) is 19.2 Å². The lowest BCUT2D eigenvalue weighted by molar-refractivity contribution is -0.123. The molecule has 0 spiro atoms. The molecule has 0 aromatic heterocycles. The van der Waals surface area contributed by atoms with Gasteiger partial charge in [0.2, 0.25) is 0 Å². The van der Waals surface area contributed by atoms with Crippen molar-refractivity contribution in [1.82, 2.24) is 4.90 Å². The Morgan fingerprint density at radius 3 is 2.32 bits per heavy atom. The largest absolute Gasteiger partial charge is 0.510 e. The van der Waals surface area contributed by atoms with Gasteiger partial charge in [0.1, 0.15) is 17.1 Å². The summed E-state index contributed by atoms with van der Waals surface area (Å²) in [6.45, 7) is 4.95. The zero-order valence-electron chi connectivity index (χ0n) is 13.0. The molecule has 1 aromatic rings. The maximum Gasteiger partial charge on any atom is 0.417 e. The lowest BCUT2D eigenvalue weighted by Gasteiger charge is -2.23. The van der Waals surface area contributed by atoms with Gasteiger partial charge >= 0.3 is 6.09 Å². The van der Waals surface area contributed by atoms with Gasteiger partial charge in [-0.3, -0.25) is 4.79 Å². The second-order valence-electron chi connectivity index (χ2n) is 5.92. The van der Waals surface area contributed by atoms with Gasteiger partial charge in [-0.15, -0.1) is 0 Å². The maximum atomic E-state index is 12.4. The van der Waals surface area contributed by atoms with Crippen LogP contribution in [0.15, 0.2) is 30.0 Å². The minimum Gasteiger partial charge on any atom is -0.510 e. The quantitative estimate of drug-likeness (QED) is 0.909. The van der Waals surface area contributed by atoms with E-state index in [0.29, 0.717) is 11.3 Å². The minimum absolute atomic E-state index is 0.105. The van der Waals surface area contributed by atoms with Crippen LogP contribution < -0.4 is 4.74 Å². The average molecular weight is 305 g/mol. The number of imide groups is 1. The number of nitrogens with zero attached hydrogens (tertiary/aromatic N) is 1. The van der Waals surface area contributed by atoms with Gasteiger partial charge in [-0.2, -0.15) is 0 Å². The van der Waals surface area contributed by atoms with E-state index in [4.69, 9.17) is 9.47 Å². The van der Waals surface area contributed by atoms with Crippen molar-refractivity contribution in [2.45, 2.75) is 26.4 Å². The van der Waals surface area contributed by atoms with Crippen molar-refractivity contribution >= 4 is 17.6 Å². The van der Waals surface area contributed by atoms with E-state index in [9.17, 15) is 14.7 Å². The smallest absolute Gasteiger partial charge is 0.417 e. The van der Waals surface area contributed by atoms with Gasteiger partial charge < -0.3 is 14.6 Å². The Morgan fingerprint density at radius 2 is 1.82 bits per heavy atom. The molecule has 6 heteroatoms. The van der Waals surface area contributed by atoms with E-state index >= 15 is 0 Å². The first kappa shape index (κ1) is 15.9. The van der Waals surface area contributed by atoms with Crippen molar-refractivity contribution in [2.24, 2.45) is 0 Å². The molecule has 2 amide bonds. The molecule has 1 aromatic carbocycles. The summed E-state index contributed by atoms with van der Waals surface area (Å²) in [7, 11) is 1.54. The Morgan fingerprint density at radius 1 is 1.23 bits per heavy atom. The second-order valence-corrected chi connectivity index (χ2v) is 5.92. The summed E-state index contributed by atoms with van der Waals surface area (Å²) in [5, 5.41) is 10.0. The zero-order valence-corrected chi connectivity index (χ0v) is 13.0. The molecule has 0 bridgehead atoms. The van der Waals surface area contributed by atoms with Crippen LogP contribution in [0.4, 0.5) is 4.79 Å². The molecule has 0 atom stereocenters. The normalized spacial score (nSPS) is 15.3. The Labute approximate surface area is 128 Å². The minimum atomic E-state index is -0.771. The van der Waals surface area contributed by atoms with Crippen LogP contribution in [-0.4, -0.2) is 41.3 Å². The molecule has 1 aliphatic heterocycles. The molecule has 118 valence electrons. The van der Waals surface area contributed by atoms with Gasteiger partial charge in [-0.05, 0) is 38.5 Å². The lowest BCUT2D eigenvalue weighted by Crippen LogP contribution is -2.38. The fraction of sp³-hybridized carbons (Fsp3) is 0.375. The van der Waals surface area contributed by atoms with Crippen molar-refractivity contribution in [3.05, 3.63) is 35.6 Å². The Balaban J connectivity index is 2.22. The highest BCUT2D eigenvalue weighted by atomic mass is 16.6. The van der Waals surface area contributed by atoms with E-state index in [1.165, 1.54) is 7.11 Å². The molecule has 2 rings (SSSR count). The first-order chi connectivity index (χ1) is 10.2. The van der Waals surface area contributed by atoms with Crippen LogP contribution in [-0.2, 0) is 9.53 Å². The number of carbonyl (C=O) groups excluding carboxylic acids is 2. The summed E-state index contributed by atoms with van der Waals surface area (Å²) in [6, 6.07) is 6.67. The van der Waals surface area contributed by atoms with Crippen LogP contribution in [0.5, 0.6) is 5.75 Å². The molecule has 1 aliphatic rings. The van der Waals surface area contributed by atoms with E-state index in [-0.39, 0.29) is 17.9 Å². The molecule has 0 saturated carbocycles. The topological polar surface area (TPSA) is 76.1 Å². The highest BCUT2D eigenvalue weighted by molar-refractivity contribution is 6.25. The average Bonchev–Trinajstić information content (AvgIpc) is 2.72. The van der Waals surface area contributed by atoms with Gasteiger partial charge in [-0.25, -0.2) is 9.69 Å². The fourth-order valence-corrected chi connectivity index (χ4v) is 2.07. The summed E-state index contributed by atoms with van der Waals surface area (Å²) >= 11 is 0. The predicted octanol–water partition coefficient (Wildman–Crippen LogP) is 2.74. The predicted molar refractivity (Wildman–Crippen MR) is 80.5 cm³/mol. The van der Waals surface area contributed by atoms with Crippen molar-refractivity contribution in [2.75, 3.05) is 13.7 Å². The molecule has 0 aliphatic carbocycles. The van der Waals surface area contributed by atoms with Crippen LogP contribution in [0, 0.1) is 0 Å². The van der Waals surface area contributed by atoms with Crippen LogP contribution in [0.25, 0.3) is 5.57 Å². The van der Waals surface area contributed by atoms with Crippen LogP contribution >= 0.6 is 0 Å². The van der Waals surface area contributed by atoms with Crippen molar-refractivity contribution in [1.29, 1.82) is 0 Å². The second kappa shape index (κ2) is 5.71. The third-order valence-corrected chi connectivity index (χ3v) is 3.05. The van der Waals surface area contributed by atoms with Crippen molar-refractivity contribution in [3.63, 3.8) is 0 Å². The summed E-state index contributed by atoms with van der Waals surface area (Å²) in [6.07, 6.45) is -0.771. The number of rotatable bonds is 2. The summed E-state index contributed by atoms with van der Waals surface area (Å²) in [4.78, 5) is 25.3. The number of hydrogen-bond acceptors (Lipinski definition) is 5. The third-order valence-electron chi connectivity index (χ3n) is 3.05. The zero-order chi connectivity index (χ0) is 16.5. The molecule has 0 radical (unpaired) electrons. The Hall–Kier alpha value is -2.50. The van der Waals surface area contributed by atoms with E-state index < -0.39 is 17.6 Å². The van der Waals surface area contributed by atoms with Crippen LogP contribution in [0.3, 0.4) is 0 Å². The van der Waals surface area contributed by atoms with E-state index in [1.807, 2.05) is 0 Å². The maximum absolute atomic E-state index is 12.4. The number of aliphatic hydroxyl groups is 1. The van der Waals surface area contributed by atoms with Crippen LogP contribution in [0.2, 0.25) is 0 Å². The molecule has 0 unspecified atom stereocenters. The number of aliphatic hydroxyl groups excluding tert-OH is 1. The number of amides is 2. The third kappa shape index (κ3) is 3.21. The monoisotopic (exact) mass is 305 g/mol. The first-order valence-electron chi connectivity index (χ1n) is 6.84. The molecular weight excluding hydrogens is 286 g/mol. The SMILES string of the molecule is COc1ccc(C2=C(O)CN(C(=O)OC(C)(C)C)C2=O)cc1. The first-order valence-corrected chi connectivity index (χ1v) is 6.84. The number of carbonyl (C=O) groups is 2. The molecule has 1 N–H and O–H groups in total. The number of hydrogen-bond donors (Lipinski definition) is 1. The van der Waals surface area contributed by atoms with Crippen molar-refractivity contribution < 1.29 is 24.2 Å². The molecular formula is C16H19NO5. The molecule has 0 fully saturated rings. The van der Waals surface area contributed by atoms with Crippen molar-refractivity contribution in [3.8, 4) is 5.75 Å². The Bertz CT molecular complexity index is 625. The van der Waals surface area contributed by atoms with Gasteiger partial charge in [-0.1, -0.05) is 12.1 Å². The Kier molecular flexibility index (Phi) is 4.12. The number of benzene rings is 1. The molecule has 6 nitrogen and oxygen atoms in total. The summed E-state index contributed by atoms with van der Waals surface area (Å²) < 4.78 is 10.2. The van der Waals surface area contributed by atoms with E-state index in [1.54, 1.807) is 45.0 Å². The summed E-state index contributed by atoms with van der Waals surface area (Å²) in [5.41, 5.74) is -0.0848. The summed E-state index contributed by atoms with van der Waals surface area (Å²) in [5.74, 6) is -0.0868. The highest BCUT2D eigenvalue weighted by Gasteiger charge is 2.37. The van der Waals surface area contributed by atoms with Gasteiger partial charge in [0.15, 0.2) is 0 Å². The standard InChI is InChI=1S/C16H19NO5/c1-16(2,3)22-15(20)17-9-12(18)13(14(17)19)10-5-7-11(21-4)8-6-10/h5-8,18H,9H2,1-4H3.